The van der Waals surface area contributed by atoms with Gasteiger partial charge in [0, 0.05) is 32.9 Å². The third-order valence-corrected chi connectivity index (χ3v) is 5.62. The maximum absolute atomic E-state index is 12.7. The van der Waals surface area contributed by atoms with Crippen molar-refractivity contribution >= 4 is 58.2 Å². The molecule has 7 heteroatoms. The number of carbonyl (C=O) groups is 1. The maximum atomic E-state index is 12.7. The van der Waals surface area contributed by atoms with Gasteiger partial charge in [0.1, 0.15) is 0 Å². The molecular formula is C21H17Cl2N3OS. The van der Waals surface area contributed by atoms with E-state index in [0.29, 0.717) is 16.6 Å². The van der Waals surface area contributed by atoms with E-state index in [4.69, 9.17) is 23.2 Å². The fraction of sp³-hybridized carbons (Fsp3) is 0.0952. The van der Waals surface area contributed by atoms with E-state index in [9.17, 15) is 4.79 Å². The Morgan fingerprint density at radius 2 is 1.68 bits per heavy atom. The fourth-order valence-corrected chi connectivity index (χ4v) is 4.46. The van der Waals surface area contributed by atoms with Crippen LogP contribution in [0.1, 0.15) is 5.56 Å². The minimum Gasteiger partial charge on any atom is -0.326 e. The summed E-state index contributed by atoms with van der Waals surface area (Å²) in [4.78, 5) is 15.4. The first-order chi connectivity index (χ1) is 13.6. The molecule has 3 aromatic rings. The molecule has 4 nitrogen and oxygen atoms in total. The number of hydrogen-bond acceptors (Lipinski definition) is 3. The molecule has 1 aliphatic rings. The number of rotatable bonds is 4. The molecule has 2 N–H and O–H groups in total. The number of para-hydroxylation sites is 1. The molecule has 0 radical (unpaired) electrons. The predicted molar refractivity (Wildman–Crippen MR) is 119 cm³/mol. The summed E-state index contributed by atoms with van der Waals surface area (Å²) in [6.45, 7) is 0.661. The van der Waals surface area contributed by atoms with Gasteiger partial charge in [-0.25, -0.2) is 4.79 Å². The van der Waals surface area contributed by atoms with Gasteiger partial charge in [-0.2, -0.15) is 0 Å². The normalized spacial score (nSPS) is 12.6. The largest absolute Gasteiger partial charge is 0.326 e. The van der Waals surface area contributed by atoms with Crippen LogP contribution in [0.4, 0.5) is 21.9 Å². The average Bonchev–Trinajstić information content (AvgIpc) is 3.10. The van der Waals surface area contributed by atoms with Crippen molar-refractivity contribution in [1.82, 2.24) is 0 Å². The summed E-state index contributed by atoms with van der Waals surface area (Å²) in [6, 6.07) is 20.8. The van der Waals surface area contributed by atoms with Gasteiger partial charge < -0.3 is 10.0 Å². The first kappa shape index (κ1) is 19.0. The lowest BCUT2D eigenvalue weighted by Crippen LogP contribution is -2.33. The lowest BCUT2D eigenvalue weighted by Gasteiger charge is -2.19. The smallest absolute Gasteiger partial charge is 0.326 e. The molecule has 0 saturated carbocycles. The maximum Gasteiger partial charge on any atom is 0.326 e. The second-order valence-electron chi connectivity index (χ2n) is 6.35. The monoisotopic (exact) mass is 429 g/mol. The molecule has 0 fully saturated rings. The molecule has 0 atom stereocenters. The number of fused-ring (bicyclic) bond motifs is 1. The highest BCUT2D eigenvalue weighted by molar-refractivity contribution is 8.00. The summed E-state index contributed by atoms with van der Waals surface area (Å²) in [5.41, 5.74) is 3.76. The van der Waals surface area contributed by atoms with Crippen LogP contribution in [0.25, 0.3) is 0 Å². The molecule has 142 valence electrons. The quantitative estimate of drug-likeness (QED) is 0.453. The third-order valence-electron chi connectivity index (χ3n) is 4.37. The van der Waals surface area contributed by atoms with E-state index in [1.54, 1.807) is 11.0 Å². The number of amides is 2. The Hall–Kier alpha value is -2.34. The van der Waals surface area contributed by atoms with Gasteiger partial charge in [0.25, 0.3) is 0 Å². The summed E-state index contributed by atoms with van der Waals surface area (Å²) in [6.07, 6.45) is 0.842. The molecular weight excluding hydrogens is 413 g/mol. The van der Waals surface area contributed by atoms with Crippen LogP contribution in [0.3, 0.4) is 0 Å². The highest BCUT2D eigenvalue weighted by atomic mass is 35.5. The zero-order valence-corrected chi connectivity index (χ0v) is 17.1. The van der Waals surface area contributed by atoms with Crippen molar-refractivity contribution in [2.24, 2.45) is 0 Å². The van der Waals surface area contributed by atoms with Crippen molar-refractivity contribution in [3.63, 3.8) is 0 Å². The predicted octanol–water partition coefficient (Wildman–Crippen LogP) is 6.71. The molecule has 1 heterocycles. The van der Waals surface area contributed by atoms with Crippen LogP contribution in [0.15, 0.2) is 71.6 Å². The fourth-order valence-electron chi connectivity index (χ4n) is 3.07. The van der Waals surface area contributed by atoms with Crippen molar-refractivity contribution in [1.29, 1.82) is 0 Å². The van der Waals surface area contributed by atoms with Crippen LogP contribution in [0.5, 0.6) is 0 Å². The number of nitrogens with zero attached hydrogens (tertiary/aromatic N) is 1. The second kappa shape index (κ2) is 8.35. The van der Waals surface area contributed by atoms with Gasteiger partial charge in [0.15, 0.2) is 0 Å². The van der Waals surface area contributed by atoms with Crippen molar-refractivity contribution in [2.45, 2.75) is 11.3 Å². The number of carbonyl (C=O) groups excluding carboxylic acids is 1. The van der Waals surface area contributed by atoms with E-state index in [1.807, 2.05) is 54.6 Å². The van der Waals surface area contributed by atoms with Gasteiger partial charge in [0.05, 0.1) is 5.69 Å². The Kier molecular flexibility index (Phi) is 5.67. The van der Waals surface area contributed by atoms with Gasteiger partial charge in [0.2, 0.25) is 0 Å². The minimum atomic E-state index is -0.128. The number of anilines is 3. The molecule has 3 aromatic carbocycles. The van der Waals surface area contributed by atoms with E-state index in [-0.39, 0.29) is 6.03 Å². The number of benzene rings is 3. The minimum absolute atomic E-state index is 0.128. The molecule has 0 bridgehead atoms. The topological polar surface area (TPSA) is 44.4 Å². The number of urea groups is 1. The van der Waals surface area contributed by atoms with Crippen LogP contribution in [0, 0.1) is 0 Å². The van der Waals surface area contributed by atoms with Gasteiger partial charge in [-0.05, 0) is 66.4 Å². The molecule has 1 aliphatic heterocycles. The zero-order chi connectivity index (χ0) is 19.5. The average molecular weight is 430 g/mol. The summed E-state index contributed by atoms with van der Waals surface area (Å²) in [5.74, 6) is 0. The summed E-state index contributed by atoms with van der Waals surface area (Å²) >= 11 is 13.5. The Morgan fingerprint density at radius 1 is 0.929 bits per heavy atom. The SMILES string of the molecule is O=C(Nc1ccccc1)N1CCc2ccc(NSc3cc(Cl)cc(Cl)c3)cc21. The van der Waals surface area contributed by atoms with Gasteiger partial charge >= 0.3 is 6.03 Å². The highest BCUT2D eigenvalue weighted by Crippen LogP contribution is 2.34. The van der Waals surface area contributed by atoms with E-state index in [0.717, 1.165) is 33.9 Å². The Labute approximate surface area is 178 Å². The molecule has 2 amide bonds. The number of halogens is 2. The Morgan fingerprint density at radius 3 is 2.43 bits per heavy atom. The van der Waals surface area contributed by atoms with Gasteiger partial charge in [-0.1, -0.05) is 47.5 Å². The highest BCUT2D eigenvalue weighted by Gasteiger charge is 2.25. The third kappa shape index (κ3) is 4.38. The van der Waals surface area contributed by atoms with Crippen LogP contribution < -0.4 is 14.9 Å². The van der Waals surface area contributed by atoms with Crippen LogP contribution in [-0.4, -0.2) is 12.6 Å². The van der Waals surface area contributed by atoms with E-state index < -0.39 is 0 Å². The Bertz CT molecular complexity index is 994. The standard InChI is InChI=1S/C21H17Cl2N3OS/c22-15-10-16(23)12-19(11-15)28-25-18-7-6-14-8-9-26(20(14)13-18)21(27)24-17-4-2-1-3-5-17/h1-7,10-13,25H,8-9H2,(H,24,27). The lowest BCUT2D eigenvalue weighted by atomic mass is 10.1. The second-order valence-corrected chi connectivity index (χ2v) is 8.10. The van der Waals surface area contributed by atoms with Gasteiger partial charge in [-0.3, -0.25) is 4.90 Å². The van der Waals surface area contributed by atoms with Crippen molar-refractivity contribution < 1.29 is 4.79 Å². The molecule has 4 rings (SSSR count). The van der Waals surface area contributed by atoms with Crippen LogP contribution in [-0.2, 0) is 6.42 Å². The molecule has 0 saturated heterocycles. The molecule has 0 unspecified atom stereocenters. The van der Waals surface area contributed by atoms with Crippen molar-refractivity contribution in [3.05, 3.63) is 82.3 Å². The Balaban J connectivity index is 1.48. The molecule has 0 aromatic heterocycles. The van der Waals surface area contributed by atoms with E-state index in [2.05, 4.69) is 16.1 Å². The molecule has 28 heavy (non-hydrogen) atoms. The van der Waals surface area contributed by atoms with E-state index in [1.165, 1.54) is 11.9 Å². The van der Waals surface area contributed by atoms with Crippen LogP contribution in [0.2, 0.25) is 10.0 Å². The first-order valence-corrected chi connectivity index (χ1v) is 10.3. The van der Waals surface area contributed by atoms with Gasteiger partial charge in [-0.15, -0.1) is 0 Å². The van der Waals surface area contributed by atoms with Crippen molar-refractivity contribution in [2.75, 3.05) is 21.5 Å². The van der Waals surface area contributed by atoms with Crippen molar-refractivity contribution in [3.8, 4) is 0 Å². The van der Waals surface area contributed by atoms with E-state index >= 15 is 0 Å². The summed E-state index contributed by atoms with van der Waals surface area (Å²) < 4.78 is 3.30. The zero-order valence-electron chi connectivity index (χ0n) is 14.8. The molecule has 0 aliphatic carbocycles. The molecule has 0 spiro atoms. The summed E-state index contributed by atoms with van der Waals surface area (Å²) in [5, 5.41) is 4.13. The van der Waals surface area contributed by atoms with Crippen LogP contribution >= 0.6 is 35.1 Å². The summed E-state index contributed by atoms with van der Waals surface area (Å²) in [7, 11) is 0. The lowest BCUT2D eigenvalue weighted by molar-refractivity contribution is 0.257. The first-order valence-electron chi connectivity index (χ1n) is 8.74. The number of nitrogens with one attached hydrogen (secondary N) is 2. The number of hydrogen-bond donors (Lipinski definition) is 2.